The van der Waals surface area contributed by atoms with Gasteiger partial charge in [0.15, 0.2) is 0 Å². The van der Waals surface area contributed by atoms with E-state index in [1.165, 1.54) is 0 Å². The molecule has 0 spiro atoms. The first-order chi connectivity index (χ1) is 6.38. The van der Waals surface area contributed by atoms with Crippen LogP contribution in [-0.2, 0) is 0 Å². The van der Waals surface area contributed by atoms with Crippen molar-refractivity contribution in [2.45, 2.75) is 33.5 Å². The summed E-state index contributed by atoms with van der Waals surface area (Å²) < 4.78 is 0. The lowest BCUT2D eigenvalue weighted by atomic mass is 10.2. The third-order valence-corrected chi connectivity index (χ3v) is 2.55. The van der Waals surface area contributed by atoms with E-state index in [9.17, 15) is 0 Å². The minimum absolute atomic E-state index is 0.918. The quantitative estimate of drug-likeness (QED) is 0.479. The molecule has 0 saturated carbocycles. The minimum atomic E-state index is -1.29. The molecule has 0 unspecified atom stereocenters. The molecule has 0 amide bonds. The molecule has 0 saturated heterocycles. The van der Waals surface area contributed by atoms with E-state index < -0.39 is 8.07 Å². The average molecular weight is 204 g/mol. The Morgan fingerprint density at radius 1 is 1.14 bits per heavy atom. The molecule has 74 valence electrons. The Labute approximate surface area is 86.8 Å². The topological polar surface area (TPSA) is 25.8 Å². The summed E-state index contributed by atoms with van der Waals surface area (Å²) in [6, 6.07) is 2.00. The highest BCUT2D eigenvalue weighted by molar-refractivity contribution is 6.83. The fourth-order valence-corrected chi connectivity index (χ4v) is 1.44. The van der Waals surface area contributed by atoms with Crippen LogP contribution in [0.5, 0.6) is 0 Å². The lowest BCUT2D eigenvalue weighted by molar-refractivity contribution is 0.935. The molecule has 1 aromatic rings. The number of nitrogens with zero attached hydrogens (tertiary/aromatic N) is 2. The Morgan fingerprint density at radius 2 is 1.79 bits per heavy atom. The second kappa shape index (κ2) is 3.93. The summed E-state index contributed by atoms with van der Waals surface area (Å²) in [5, 5.41) is 8.02. The predicted molar refractivity (Wildman–Crippen MR) is 61.7 cm³/mol. The summed E-state index contributed by atoms with van der Waals surface area (Å²) in [5.41, 5.74) is 6.19. The zero-order chi connectivity index (χ0) is 10.8. The van der Waals surface area contributed by atoms with E-state index >= 15 is 0 Å². The second-order valence-corrected chi connectivity index (χ2v) is 9.23. The molecule has 14 heavy (non-hydrogen) atoms. The van der Waals surface area contributed by atoms with Gasteiger partial charge in [-0.2, -0.15) is 10.2 Å². The zero-order valence-electron chi connectivity index (χ0n) is 9.47. The molecule has 0 N–H and O–H groups in total. The highest BCUT2D eigenvalue weighted by Crippen LogP contribution is 2.04. The monoisotopic (exact) mass is 204 g/mol. The lowest BCUT2D eigenvalue weighted by Crippen LogP contribution is -2.16. The van der Waals surface area contributed by atoms with Crippen LogP contribution >= 0.6 is 0 Å². The van der Waals surface area contributed by atoms with Gasteiger partial charge in [-0.3, -0.25) is 0 Å². The number of hydrogen-bond donors (Lipinski definition) is 0. The van der Waals surface area contributed by atoms with E-state index in [4.69, 9.17) is 0 Å². The third-order valence-electron chi connectivity index (χ3n) is 1.67. The SMILES string of the molecule is Cc1cc(C#C[Si](C)(C)C)c(C)nn1. The molecule has 0 aliphatic heterocycles. The van der Waals surface area contributed by atoms with Crippen LogP contribution in [0.1, 0.15) is 17.0 Å². The van der Waals surface area contributed by atoms with Crippen molar-refractivity contribution < 1.29 is 0 Å². The minimum Gasteiger partial charge on any atom is -0.156 e. The van der Waals surface area contributed by atoms with Crippen LogP contribution < -0.4 is 0 Å². The Kier molecular flexibility index (Phi) is 3.07. The van der Waals surface area contributed by atoms with Crippen molar-refractivity contribution in [1.29, 1.82) is 0 Å². The molecule has 1 heterocycles. The first kappa shape index (κ1) is 10.9. The van der Waals surface area contributed by atoms with Gasteiger partial charge in [-0.1, -0.05) is 25.6 Å². The Morgan fingerprint density at radius 3 is 2.36 bits per heavy atom. The molecule has 1 rings (SSSR count). The molecule has 0 bridgehead atoms. The van der Waals surface area contributed by atoms with Crippen molar-refractivity contribution in [3.63, 3.8) is 0 Å². The smallest absolute Gasteiger partial charge is 0.129 e. The highest BCUT2D eigenvalue weighted by Gasteiger charge is 2.08. The summed E-state index contributed by atoms with van der Waals surface area (Å²) in [7, 11) is -1.29. The van der Waals surface area contributed by atoms with E-state index in [1.54, 1.807) is 0 Å². The van der Waals surface area contributed by atoms with Gasteiger partial charge in [0.2, 0.25) is 0 Å². The summed E-state index contributed by atoms with van der Waals surface area (Å²) in [6.07, 6.45) is 0. The van der Waals surface area contributed by atoms with Gasteiger partial charge in [0.05, 0.1) is 11.4 Å². The van der Waals surface area contributed by atoms with Gasteiger partial charge in [-0.15, -0.1) is 5.54 Å². The first-order valence-electron chi connectivity index (χ1n) is 4.72. The fourth-order valence-electron chi connectivity index (χ4n) is 0.931. The summed E-state index contributed by atoms with van der Waals surface area (Å²) in [4.78, 5) is 0. The normalized spacial score (nSPS) is 10.6. The Balaban J connectivity index is 3.06. The van der Waals surface area contributed by atoms with Gasteiger partial charge in [0, 0.05) is 5.56 Å². The number of rotatable bonds is 0. The van der Waals surface area contributed by atoms with E-state index in [2.05, 4.69) is 41.3 Å². The summed E-state index contributed by atoms with van der Waals surface area (Å²) in [5.74, 6) is 3.20. The average Bonchev–Trinajstić information content (AvgIpc) is 2.05. The zero-order valence-corrected chi connectivity index (χ0v) is 10.5. The molecule has 1 aromatic heterocycles. The van der Waals surface area contributed by atoms with E-state index in [0.717, 1.165) is 17.0 Å². The van der Waals surface area contributed by atoms with Gasteiger partial charge in [0.1, 0.15) is 8.07 Å². The van der Waals surface area contributed by atoms with Gasteiger partial charge in [-0.25, -0.2) is 0 Å². The molecule has 3 heteroatoms. The molecule has 0 aliphatic carbocycles. The first-order valence-corrected chi connectivity index (χ1v) is 8.22. The van der Waals surface area contributed by atoms with Crippen molar-refractivity contribution in [1.82, 2.24) is 10.2 Å². The van der Waals surface area contributed by atoms with Crippen molar-refractivity contribution >= 4 is 8.07 Å². The molecule has 0 radical (unpaired) electrons. The number of hydrogen-bond acceptors (Lipinski definition) is 2. The van der Waals surface area contributed by atoms with Gasteiger partial charge in [0.25, 0.3) is 0 Å². The van der Waals surface area contributed by atoms with Crippen LogP contribution in [0.3, 0.4) is 0 Å². The molecular formula is C11H16N2Si. The largest absolute Gasteiger partial charge is 0.156 e. The maximum atomic E-state index is 4.04. The van der Waals surface area contributed by atoms with Gasteiger partial charge >= 0.3 is 0 Å². The van der Waals surface area contributed by atoms with Crippen molar-refractivity contribution in [2.75, 3.05) is 0 Å². The maximum Gasteiger partial charge on any atom is 0.129 e. The van der Waals surface area contributed by atoms with Gasteiger partial charge in [-0.05, 0) is 19.9 Å². The van der Waals surface area contributed by atoms with E-state index in [1.807, 2.05) is 19.9 Å². The predicted octanol–water partition coefficient (Wildman–Crippen LogP) is 2.32. The van der Waals surface area contributed by atoms with Crippen LogP contribution in [-0.4, -0.2) is 18.3 Å². The molecule has 0 fully saturated rings. The molecule has 0 atom stereocenters. The highest BCUT2D eigenvalue weighted by atomic mass is 28.3. The van der Waals surface area contributed by atoms with Crippen LogP contribution in [0.15, 0.2) is 6.07 Å². The van der Waals surface area contributed by atoms with Crippen LogP contribution in [0, 0.1) is 25.3 Å². The van der Waals surface area contributed by atoms with Crippen molar-refractivity contribution in [3.05, 3.63) is 23.0 Å². The maximum absolute atomic E-state index is 4.04. The number of aryl methyl sites for hydroxylation is 2. The molecule has 0 aliphatic rings. The summed E-state index contributed by atoms with van der Waals surface area (Å²) in [6.45, 7) is 10.6. The van der Waals surface area contributed by atoms with E-state index in [0.29, 0.717) is 0 Å². The number of aromatic nitrogens is 2. The fraction of sp³-hybridized carbons (Fsp3) is 0.455. The van der Waals surface area contributed by atoms with Crippen molar-refractivity contribution in [2.24, 2.45) is 0 Å². The molecule has 0 aromatic carbocycles. The Bertz CT molecular complexity index is 394. The standard InChI is InChI=1S/C11H16N2Si/c1-9-8-11(10(2)13-12-9)6-7-14(3,4)5/h8H,1-5H3. The summed E-state index contributed by atoms with van der Waals surface area (Å²) >= 11 is 0. The van der Waals surface area contributed by atoms with Crippen LogP contribution in [0.4, 0.5) is 0 Å². The second-order valence-electron chi connectivity index (χ2n) is 4.48. The lowest BCUT2D eigenvalue weighted by Gasteiger charge is -2.04. The van der Waals surface area contributed by atoms with Crippen molar-refractivity contribution in [3.8, 4) is 11.5 Å². The van der Waals surface area contributed by atoms with Crippen LogP contribution in [0.25, 0.3) is 0 Å². The van der Waals surface area contributed by atoms with Gasteiger partial charge < -0.3 is 0 Å². The van der Waals surface area contributed by atoms with E-state index in [-0.39, 0.29) is 0 Å². The van der Waals surface area contributed by atoms with Crippen LogP contribution in [0.2, 0.25) is 19.6 Å². The Hall–Kier alpha value is -1.14. The third kappa shape index (κ3) is 3.31. The molecule has 2 nitrogen and oxygen atoms in total. The molecular weight excluding hydrogens is 188 g/mol.